The van der Waals surface area contributed by atoms with Crippen LogP contribution in [0.2, 0.25) is 0 Å². The van der Waals surface area contributed by atoms with Crippen LogP contribution < -0.4 is 4.90 Å². The molecule has 28 heavy (non-hydrogen) atoms. The van der Waals surface area contributed by atoms with Gasteiger partial charge in [-0.05, 0) is 28.5 Å². The second-order valence-electron chi connectivity index (χ2n) is 7.54. The van der Waals surface area contributed by atoms with Gasteiger partial charge in [-0.2, -0.15) is 13.2 Å². The third kappa shape index (κ3) is 4.37. The number of hydrogen-bond acceptors (Lipinski definition) is 1. The van der Waals surface area contributed by atoms with Crippen molar-refractivity contribution in [1.29, 1.82) is 0 Å². The van der Waals surface area contributed by atoms with Crippen molar-refractivity contribution >= 4 is 10.8 Å². The van der Waals surface area contributed by atoms with Gasteiger partial charge in [0.25, 0.3) is 0 Å². The zero-order valence-corrected chi connectivity index (χ0v) is 15.7. The van der Waals surface area contributed by atoms with E-state index in [1.807, 2.05) is 0 Å². The van der Waals surface area contributed by atoms with Crippen molar-refractivity contribution in [2.24, 2.45) is 0 Å². The van der Waals surface area contributed by atoms with Gasteiger partial charge >= 0.3 is 6.18 Å². The number of nitrogens with zero attached hydrogens (tertiary/aromatic N) is 1. The summed E-state index contributed by atoms with van der Waals surface area (Å²) in [6.45, 7) is 5.73. The maximum atomic E-state index is 12.7. The normalized spacial score (nSPS) is 16.5. The summed E-state index contributed by atoms with van der Waals surface area (Å²) in [4.78, 5) is 3.90. The van der Waals surface area contributed by atoms with Crippen LogP contribution in [0.25, 0.3) is 10.8 Å². The Morgan fingerprint density at radius 1 is 0.821 bits per heavy atom. The Kier molecular flexibility index (Phi) is 5.38. The fourth-order valence-corrected chi connectivity index (χ4v) is 3.98. The van der Waals surface area contributed by atoms with Crippen molar-refractivity contribution in [3.8, 4) is 0 Å². The first-order valence-electron chi connectivity index (χ1n) is 9.68. The Balaban J connectivity index is 1.33. The van der Waals surface area contributed by atoms with Gasteiger partial charge in [-0.3, -0.25) is 4.90 Å². The van der Waals surface area contributed by atoms with Gasteiger partial charge in [-0.25, -0.2) is 0 Å². The summed E-state index contributed by atoms with van der Waals surface area (Å²) in [5.74, 6) is 0. The Hall–Kier alpha value is -2.37. The molecule has 0 saturated carbocycles. The molecule has 1 fully saturated rings. The summed E-state index contributed by atoms with van der Waals surface area (Å²) >= 11 is 0. The molecule has 1 saturated heterocycles. The largest absolute Gasteiger partial charge is 0.416 e. The number of fused-ring (bicyclic) bond motifs is 1. The molecule has 2 nitrogen and oxygen atoms in total. The summed E-state index contributed by atoms with van der Waals surface area (Å²) in [7, 11) is 0. The molecule has 0 radical (unpaired) electrons. The molecule has 5 heteroatoms. The summed E-state index contributed by atoms with van der Waals surface area (Å²) in [5.41, 5.74) is 1.74. The third-order valence-corrected chi connectivity index (χ3v) is 5.57. The smallest absolute Gasteiger partial charge is 0.329 e. The minimum atomic E-state index is -4.27. The Bertz CT molecular complexity index is 921. The van der Waals surface area contributed by atoms with Crippen LogP contribution in [0.1, 0.15) is 16.7 Å². The van der Waals surface area contributed by atoms with Crippen LogP contribution in [-0.4, -0.2) is 31.1 Å². The van der Waals surface area contributed by atoms with Gasteiger partial charge in [0.05, 0.1) is 18.7 Å². The molecule has 0 amide bonds. The SMILES string of the molecule is FC(F)(F)c1ccc(C[NH+]2CCN(Cc3cccc4ccccc34)CC2)cc1. The van der Waals surface area contributed by atoms with Crippen LogP contribution in [0.15, 0.2) is 66.7 Å². The number of halogens is 3. The van der Waals surface area contributed by atoms with E-state index in [4.69, 9.17) is 0 Å². The van der Waals surface area contributed by atoms with Crippen molar-refractivity contribution < 1.29 is 18.1 Å². The zero-order valence-electron chi connectivity index (χ0n) is 15.7. The molecular weight excluding hydrogens is 361 g/mol. The summed E-state index contributed by atoms with van der Waals surface area (Å²) in [5, 5.41) is 2.58. The number of nitrogens with one attached hydrogen (secondary N) is 1. The number of quaternary nitrogens is 1. The van der Waals surface area contributed by atoms with Crippen LogP contribution in [0.3, 0.4) is 0 Å². The standard InChI is InChI=1S/C23H23F3N2/c24-23(25,26)21-10-8-18(9-11-21)16-27-12-14-28(15-13-27)17-20-6-3-5-19-4-1-2-7-22(19)20/h1-11H,12-17H2/p+1. The van der Waals surface area contributed by atoms with Gasteiger partial charge in [0.1, 0.15) is 6.54 Å². The molecule has 1 N–H and O–H groups in total. The Labute approximate surface area is 163 Å². The lowest BCUT2D eigenvalue weighted by Crippen LogP contribution is -3.13. The van der Waals surface area contributed by atoms with Crippen molar-refractivity contribution in [1.82, 2.24) is 4.90 Å². The lowest BCUT2D eigenvalue weighted by atomic mass is 10.0. The first-order chi connectivity index (χ1) is 13.5. The van der Waals surface area contributed by atoms with E-state index in [-0.39, 0.29) is 0 Å². The number of rotatable bonds is 4. The van der Waals surface area contributed by atoms with E-state index in [0.29, 0.717) is 0 Å². The van der Waals surface area contributed by atoms with Crippen molar-refractivity contribution in [3.63, 3.8) is 0 Å². The van der Waals surface area contributed by atoms with E-state index in [0.717, 1.165) is 44.8 Å². The van der Waals surface area contributed by atoms with Gasteiger partial charge in [0.15, 0.2) is 0 Å². The average molecular weight is 385 g/mol. The summed E-state index contributed by atoms with van der Waals surface area (Å²) < 4.78 is 38.1. The zero-order chi connectivity index (χ0) is 19.6. The van der Waals surface area contributed by atoms with Crippen LogP contribution in [-0.2, 0) is 19.3 Å². The maximum Gasteiger partial charge on any atom is 0.416 e. The highest BCUT2D eigenvalue weighted by Gasteiger charge is 2.30. The van der Waals surface area contributed by atoms with Gasteiger partial charge < -0.3 is 4.90 Å². The average Bonchev–Trinajstić information content (AvgIpc) is 2.69. The number of benzene rings is 3. The van der Waals surface area contributed by atoms with E-state index < -0.39 is 11.7 Å². The molecule has 0 atom stereocenters. The van der Waals surface area contributed by atoms with E-state index in [2.05, 4.69) is 47.4 Å². The molecule has 0 unspecified atom stereocenters. The molecule has 1 heterocycles. The molecule has 0 aromatic heterocycles. The number of hydrogen-bond donors (Lipinski definition) is 1. The fourth-order valence-electron chi connectivity index (χ4n) is 3.98. The Morgan fingerprint density at radius 2 is 1.50 bits per heavy atom. The first-order valence-corrected chi connectivity index (χ1v) is 9.68. The molecule has 3 aromatic carbocycles. The van der Waals surface area contributed by atoms with Crippen molar-refractivity contribution in [3.05, 3.63) is 83.4 Å². The summed E-state index contributed by atoms with van der Waals surface area (Å²) in [6.07, 6.45) is -4.27. The van der Waals surface area contributed by atoms with Crippen LogP contribution in [0, 0.1) is 0 Å². The van der Waals surface area contributed by atoms with Gasteiger partial charge in [-0.15, -0.1) is 0 Å². The van der Waals surface area contributed by atoms with Crippen molar-refractivity contribution in [2.75, 3.05) is 26.2 Å². The number of piperazine rings is 1. The van der Waals surface area contributed by atoms with E-state index in [1.165, 1.54) is 33.4 Å². The highest BCUT2D eigenvalue weighted by atomic mass is 19.4. The lowest BCUT2D eigenvalue weighted by Gasteiger charge is -2.32. The van der Waals surface area contributed by atoms with Crippen molar-refractivity contribution in [2.45, 2.75) is 19.3 Å². The molecule has 0 bridgehead atoms. The van der Waals surface area contributed by atoms with Crippen LogP contribution in [0.4, 0.5) is 13.2 Å². The van der Waals surface area contributed by atoms with E-state index >= 15 is 0 Å². The minimum absolute atomic E-state index is 0.578. The second-order valence-corrected chi connectivity index (χ2v) is 7.54. The summed E-state index contributed by atoms with van der Waals surface area (Å²) in [6, 6.07) is 20.5. The van der Waals surface area contributed by atoms with E-state index in [9.17, 15) is 13.2 Å². The van der Waals surface area contributed by atoms with E-state index in [1.54, 1.807) is 12.1 Å². The third-order valence-electron chi connectivity index (χ3n) is 5.57. The molecule has 146 valence electrons. The minimum Gasteiger partial charge on any atom is -0.329 e. The quantitative estimate of drug-likeness (QED) is 0.719. The first kappa shape index (κ1) is 19.0. The molecule has 3 aromatic rings. The number of alkyl halides is 3. The van der Waals surface area contributed by atoms with Gasteiger partial charge in [0.2, 0.25) is 0 Å². The Morgan fingerprint density at radius 3 is 2.21 bits per heavy atom. The predicted octanol–water partition coefficient (Wildman–Crippen LogP) is 3.76. The molecule has 1 aliphatic rings. The maximum absolute atomic E-state index is 12.7. The lowest BCUT2D eigenvalue weighted by molar-refractivity contribution is -0.918. The highest BCUT2D eigenvalue weighted by molar-refractivity contribution is 5.85. The molecule has 1 aliphatic heterocycles. The fraction of sp³-hybridized carbons (Fsp3) is 0.304. The molecule has 4 rings (SSSR count). The predicted molar refractivity (Wildman–Crippen MR) is 105 cm³/mol. The molecule has 0 aliphatic carbocycles. The molecule has 0 spiro atoms. The van der Waals surface area contributed by atoms with Crippen LogP contribution in [0.5, 0.6) is 0 Å². The highest BCUT2D eigenvalue weighted by Crippen LogP contribution is 2.29. The molecular formula is C23H24F3N2+. The topological polar surface area (TPSA) is 7.68 Å². The van der Waals surface area contributed by atoms with Crippen LogP contribution >= 0.6 is 0 Å². The van der Waals surface area contributed by atoms with Gasteiger partial charge in [0, 0.05) is 25.2 Å². The van der Waals surface area contributed by atoms with Gasteiger partial charge in [-0.1, -0.05) is 54.6 Å². The second kappa shape index (κ2) is 7.94. The monoisotopic (exact) mass is 385 g/mol.